The van der Waals surface area contributed by atoms with Crippen LogP contribution in [0.25, 0.3) is 55.8 Å². The van der Waals surface area contributed by atoms with E-state index in [1.165, 1.54) is 12.3 Å². The molecule has 0 saturated carbocycles. The molecule has 0 atom stereocenters. The zero-order valence-electron chi connectivity index (χ0n) is 20.9. The average molecular weight is 507 g/mol. The third-order valence-corrected chi connectivity index (χ3v) is 6.25. The molecule has 0 aliphatic heterocycles. The predicted octanol–water partition coefficient (Wildman–Crippen LogP) is 5.75. The number of fused-ring (bicyclic) bond motifs is 2. The third kappa shape index (κ3) is 4.15. The van der Waals surface area contributed by atoms with Gasteiger partial charge in [0.25, 0.3) is 0 Å². The summed E-state index contributed by atoms with van der Waals surface area (Å²) in [6, 6.07) is 10.5. The number of halogens is 1. The van der Waals surface area contributed by atoms with Gasteiger partial charge in [-0.1, -0.05) is 20.8 Å². The normalized spacial score (nSPS) is 11.8. The standard InChI is InChI=1S/C28H23FN8O/c1-28(2,3)27(38)33-17-10-16(13-31-14-17)19-11-20-22(12-21(19)29)36-37-24(20)26-34-23-18(6-9-32-25(23)35-26)15-4-7-30-8-5-15/h4-14H,1-3H3,(H,33,38)(H,36,37)(H,32,34,35). The highest BCUT2D eigenvalue weighted by atomic mass is 19.1. The summed E-state index contributed by atoms with van der Waals surface area (Å²) < 4.78 is 15.2. The van der Waals surface area contributed by atoms with Gasteiger partial charge in [0.05, 0.1) is 22.9 Å². The number of rotatable bonds is 4. The van der Waals surface area contributed by atoms with E-state index in [1.54, 1.807) is 36.9 Å². The van der Waals surface area contributed by atoms with Crippen molar-refractivity contribution in [1.29, 1.82) is 0 Å². The summed E-state index contributed by atoms with van der Waals surface area (Å²) in [6.45, 7) is 5.46. The summed E-state index contributed by atoms with van der Waals surface area (Å²) in [4.78, 5) is 33.2. The number of H-pyrrole nitrogens is 2. The largest absolute Gasteiger partial charge is 0.335 e. The number of hydrogen-bond acceptors (Lipinski definition) is 6. The molecule has 9 nitrogen and oxygen atoms in total. The van der Waals surface area contributed by atoms with Crippen LogP contribution >= 0.6 is 0 Å². The van der Waals surface area contributed by atoms with Crippen molar-refractivity contribution in [2.75, 3.05) is 5.32 Å². The molecule has 0 saturated heterocycles. The average Bonchev–Trinajstić information content (AvgIpc) is 3.52. The van der Waals surface area contributed by atoms with Gasteiger partial charge in [0.15, 0.2) is 11.5 Å². The number of hydrogen-bond donors (Lipinski definition) is 3. The fourth-order valence-corrected chi connectivity index (χ4v) is 4.21. The van der Waals surface area contributed by atoms with Gasteiger partial charge in [-0.25, -0.2) is 14.4 Å². The molecule has 5 heterocycles. The summed E-state index contributed by atoms with van der Waals surface area (Å²) in [7, 11) is 0. The Labute approximate surface area is 216 Å². The maximum atomic E-state index is 15.2. The molecule has 38 heavy (non-hydrogen) atoms. The number of anilines is 1. The molecular formula is C28H23FN8O. The lowest BCUT2D eigenvalue weighted by molar-refractivity contribution is -0.123. The molecular weight excluding hydrogens is 483 g/mol. The fraction of sp³-hybridized carbons (Fsp3) is 0.143. The Morgan fingerprint density at radius 1 is 0.947 bits per heavy atom. The van der Waals surface area contributed by atoms with E-state index >= 15 is 4.39 Å². The van der Waals surface area contributed by atoms with Crippen LogP contribution in [0.15, 0.2) is 67.4 Å². The van der Waals surface area contributed by atoms with Gasteiger partial charge in [0.1, 0.15) is 11.5 Å². The van der Waals surface area contributed by atoms with E-state index in [1.807, 2.05) is 39.0 Å². The summed E-state index contributed by atoms with van der Waals surface area (Å²) >= 11 is 0. The van der Waals surface area contributed by atoms with Crippen LogP contribution in [0, 0.1) is 11.2 Å². The van der Waals surface area contributed by atoms with Gasteiger partial charge in [0.2, 0.25) is 5.91 Å². The number of carbonyl (C=O) groups excluding carboxylic acids is 1. The Kier molecular flexibility index (Phi) is 5.45. The lowest BCUT2D eigenvalue weighted by atomic mass is 9.95. The topological polar surface area (TPSA) is 125 Å². The number of imidazole rings is 1. The minimum absolute atomic E-state index is 0.158. The molecule has 0 aliphatic carbocycles. The Hall–Kier alpha value is -4.99. The summed E-state index contributed by atoms with van der Waals surface area (Å²) in [5, 5.41) is 10.8. The van der Waals surface area contributed by atoms with Crippen LogP contribution in [-0.2, 0) is 4.79 Å². The van der Waals surface area contributed by atoms with E-state index in [4.69, 9.17) is 0 Å². The molecule has 10 heteroatoms. The number of nitrogens with zero attached hydrogens (tertiary/aromatic N) is 5. The molecule has 5 aromatic heterocycles. The van der Waals surface area contributed by atoms with Crippen molar-refractivity contribution in [3.63, 3.8) is 0 Å². The lowest BCUT2D eigenvalue weighted by Gasteiger charge is -2.17. The Balaban J connectivity index is 1.43. The fourth-order valence-electron chi connectivity index (χ4n) is 4.21. The Morgan fingerprint density at radius 3 is 2.55 bits per heavy atom. The van der Waals surface area contributed by atoms with Gasteiger partial charge in [0, 0.05) is 58.3 Å². The summed E-state index contributed by atoms with van der Waals surface area (Å²) in [6.07, 6.45) is 8.26. The Bertz CT molecular complexity index is 1820. The van der Waals surface area contributed by atoms with E-state index in [0.29, 0.717) is 44.9 Å². The van der Waals surface area contributed by atoms with Gasteiger partial charge in [-0.3, -0.25) is 19.9 Å². The monoisotopic (exact) mass is 506 g/mol. The first kappa shape index (κ1) is 23.4. The molecule has 6 rings (SSSR count). The minimum Gasteiger partial charge on any atom is -0.335 e. The zero-order valence-corrected chi connectivity index (χ0v) is 20.9. The second-order valence-corrected chi connectivity index (χ2v) is 9.99. The van der Waals surface area contributed by atoms with Crippen molar-refractivity contribution in [3.8, 4) is 33.8 Å². The smallest absolute Gasteiger partial charge is 0.229 e. The maximum Gasteiger partial charge on any atom is 0.229 e. The SMILES string of the molecule is CC(C)(C)C(=O)Nc1cncc(-c2cc3c(-c4nc5nccc(-c6ccncc6)c5[nH]4)n[nH]c3cc2F)c1. The summed E-state index contributed by atoms with van der Waals surface area (Å²) in [5.74, 6) is -0.101. The van der Waals surface area contributed by atoms with Gasteiger partial charge in [-0.2, -0.15) is 5.10 Å². The van der Waals surface area contributed by atoms with Crippen LogP contribution in [0.2, 0.25) is 0 Å². The van der Waals surface area contributed by atoms with E-state index in [0.717, 1.165) is 16.6 Å². The van der Waals surface area contributed by atoms with Gasteiger partial charge in [-0.15, -0.1) is 0 Å². The first-order valence-corrected chi connectivity index (χ1v) is 12.0. The van der Waals surface area contributed by atoms with Crippen LogP contribution in [0.1, 0.15) is 20.8 Å². The molecule has 1 amide bonds. The van der Waals surface area contributed by atoms with Crippen molar-refractivity contribution in [1.82, 2.24) is 35.1 Å². The van der Waals surface area contributed by atoms with Crippen molar-refractivity contribution in [2.24, 2.45) is 5.41 Å². The molecule has 0 aliphatic rings. The van der Waals surface area contributed by atoms with E-state index in [9.17, 15) is 4.79 Å². The van der Waals surface area contributed by atoms with E-state index in [2.05, 4.69) is 40.4 Å². The number of pyridine rings is 3. The first-order chi connectivity index (χ1) is 18.3. The van der Waals surface area contributed by atoms with Crippen molar-refractivity contribution in [3.05, 3.63) is 73.2 Å². The quantitative estimate of drug-likeness (QED) is 0.280. The highest BCUT2D eigenvalue weighted by molar-refractivity contribution is 5.98. The lowest BCUT2D eigenvalue weighted by Crippen LogP contribution is -2.27. The number of carbonyl (C=O) groups is 1. The molecule has 3 N–H and O–H groups in total. The van der Waals surface area contributed by atoms with Crippen LogP contribution in [0.5, 0.6) is 0 Å². The second-order valence-electron chi connectivity index (χ2n) is 9.99. The molecule has 6 aromatic rings. The van der Waals surface area contributed by atoms with Crippen LogP contribution in [0.3, 0.4) is 0 Å². The number of aromatic nitrogens is 7. The molecule has 0 radical (unpaired) electrons. The van der Waals surface area contributed by atoms with Crippen LogP contribution < -0.4 is 5.32 Å². The van der Waals surface area contributed by atoms with Crippen LogP contribution in [0.4, 0.5) is 10.1 Å². The van der Waals surface area contributed by atoms with E-state index in [-0.39, 0.29) is 5.91 Å². The first-order valence-electron chi connectivity index (χ1n) is 12.0. The number of nitrogens with one attached hydrogen (secondary N) is 3. The molecule has 0 unspecified atom stereocenters. The summed E-state index contributed by atoms with van der Waals surface area (Å²) in [5.41, 5.74) is 5.02. The molecule has 0 spiro atoms. The molecule has 0 fully saturated rings. The van der Waals surface area contributed by atoms with Crippen molar-refractivity contribution in [2.45, 2.75) is 20.8 Å². The highest BCUT2D eigenvalue weighted by Crippen LogP contribution is 2.34. The third-order valence-electron chi connectivity index (χ3n) is 6.25. The number of aromatic amines is 2. The maximum absolute atomic E-state index is 15.2. The second kappa shape index (κ2) is 8.84. The molecule has 0 bridgehead atoms. The van der Waals surface area contributed by atoms with Crippen LogP contribution in [-0.4, -0.2) is 41.0 Å². The highest BCUT2D eigenvalue weighted by Gasteiger charge is 2.22. The molecule has 1 aromatic carbocycles. The zero-order chi connectivity index (χ0) is 26.4. The van der Waals surface area contributed by atoms with Crippen molar-refractivity contribution < 1.29 is 9.18 Å². The number of amides is 1. The van der Waals surface area contributed by atoms with E-state index < -0.39 is 11.2 Å². The van der Waals surface area contributed by atoms with Gasteiger partial charge in [-0.05, 0) is 35.9 Å². The predicted molar refractivity (Wildman–Crippen MR) is 143 cm³/mol. The minimum atomic E-state index is -0.579. The number of benzene rings is 1. The van der Waals surface area contributed by atoms with Crippen molar-refractivity contribution >= 4 is 33.7 Å². The van der Waals surface area contributed by atoms with Gasteiger partial charge >= 0.3 is 0 Å². The Morgan fingerprint density at radius 2 is 1.76 bits per heavy atom. The molecule has 188 valence electrons. The van der Waals surface area contributed by atoms with Gasteiger partial charge < -0.3 is 10.3 Å².